The van der Waals surface area contributed by atoms with Crippen LogP contribution in [0.2, 0.25) is 0 Å². The molecule has 0 amide bonds. The molecule has 2 aromatic carbocycles. The van der Waals surface area contributed by atoms with Crippen LogP contribution in [0.25, 0.3) is 0 Å². The first-order chi connectivity index (χ1) is 11.1. The van der Waals surface area contributed by atoms with Gasteiger partial charge in [-0.25, -0.2) is 13.1 Å². The van der Waals surface area contributed by atoms with Crippen molar-refractivity contribution in [2.75, 3.05) is 6.54 Å². The van der Waals surface area contributed by atoms with E-state index < -0.39 is 10.0 Å². The summed E-state index contributed by atoms with van der Waals surface area (Å²) in [6.45, 7) is 2.16. The SMILES string of the molecule is Cc1ccc(S(=O)(=O)NCC=C=CCCc2ccccc2)cc1. The molecule has 0 atom stereocenters. The molecule has 2 aromatic rings. The summed E-state index contributed by atoms with van der Waals surface area (Å²) in [6.07, 6.45) is 5.45. The smallest absolute Gasteiger partial charge is 0.207 e. The van der Waals surface area contributed by atoms with Crippen LogP contribution in [-0.4, -0.2) is 15.0 Å². The lowest BCUT2D eigenvalue weighted by atomic mass is 10.1. The first kappa shape index (κ1) is 17.2. The Kier molecular flexibility index (Phi) is 6.36. The lowest BCUT2D eigenvalue weighted by Crippen LogP contribution is -2.23. The molecule has 23 heavy (non-hydrogen) atoms. The average molecular weight is 327 g/mol. The molecule has 0 bridgehead atoms. The number of rotatable bonds is 7. The molecule has 3 nitrogen and oxygen atoms in total. The second-order valence-electron chi connectivity index (χ2n) is 5.26. The standard InChI is InChI=1S/C19H21NO2S/c1-17-12-14-19(15-13-17)23(21,22)20-16-8-3-2-5-9-18-10-6-4-7-11-18/h2,4,6-8,10-15,20H,5,9,16H2,1H3. The summed E-state index contributed by atoms with van der Waals surface area (Å²) in [5.74, 6) is 0. The highest BCUT2D eigenvalue weighted by molar-refractivity contribution is 7.89. The van der Waals surface area contributed by atoms with Gasteiger partial charge in [0.15, 0.2) is 0 Å². The van der Waals surface area contributed by atoms with Crippen molar-refractivity contribution in [3.05, 3.63) is 83.6 Å². The van der Waals surface area contributed by atoms with Crippen molar-refractivity contribution < 1.29 is 8.42 Å². The van der Waals surface area contributed by atoms with E-state index in [-0.39, 0.29) is 11.4 Å². The van der Waals surface area contributed by atoms with Gasteiger partial charge in [0, 0.05) is 6.54 Å². The molecule has 0 heterocycles. The van der Waals surface area contributed by atoms with Crippen LogP contribution in [0.4, 0.5) is 0 Å². The fraction of sp³-hybridized carbons (Fsp3) is 0.211. The molecule has 0 aliphatic carbocycles. The molecule has 120 valence electrons. The largest absolute Gasteiger partial charge is 0.240 e. The summed E-state index contributed by atoms with van der Waals surface area (Å²) >= 11 is 0. The first-order valence-electron chi connectivity index (χ1n) is 7.57. The minimum absolute atomic E-state index is 0.234. The molecule has 0 spiro atoms. The minimum atomic E-state index is -3.45. The summed E-state index contributed by atoms with van der Waals surface area (Å²) in [5, 5.41) is 0. The highest BCUT2D eigenvalue weighted by Gasteiger charge is 2.11. The van der Waals surface area contributed by atoms with Gasteiger partial charge in [0.2, 0.25) is 10.0 Å². The fourth-order valence-corrected chi connectivity index (χ4v) is 3.03. The first-order valence-corrected chi connectivity index (χ1v) is 9.06. The Hall–Kier alpha value is -2.13. The van der Waals surface area contributed by atoms with Crippen molar-refractivity contribution >= 4 is 10.0 Å². The Balaban J connectivity index is 1.79. The lowest BCUT2D eigenvalue weighted by molar-refractivity contribution is 0.585. The van der Waals surface area contributed by atoms with Crippen molar-refractivity contribution in [1.29, 1.82) is 0 Å². The van der Waals surface area contributed by atoms with Gasteiger partial charge >= 0.3 is 0 Å². The lowest BCUT2D eigenvalue weighted by Gasteiger charge is -2.04. The van der Waals surface area contributed by atoms with E-state index in [9.17, 15) is 8.42 Å². The minimum Gasteiger partial charge on any atom is -0.207 e. The van der Waals surface area contributed by atoms with Crippen LogP contribution in [0, 0.1) is 6.92 Å². The van der Waals surface area contributed by atoms with Gasteiger partial charge in [-0.3, -0.25) is 0 Å². The van der Waals surface area contributed by atoms with Gasteiger partial charge in [0.25, 0.3) is 0 Å². The summed E-state index contributed by atoms with van der Waals surface area (Å²) in [5.41, 5.74) is 5.33. The zero-order chi connectivity index (χ0) is 16.5. The molecule has 0 saturated carbocycles. The molecule has 4 heteroatoms. The number of hydrogen-bond donors (Lipinski definition) is 1. The van der Waals surface area contributed by atoms with Crippen molar-refractivity contribution in [2.45, 2.75) is 24.7 Å². The molecule has 0 radical (unpaired) electrons. The van der Waals surface area contributed by atoms with E-state index in [4.69, 9.17) is 0 Å². The third-order valence-corrected chi connectivity index (χ3v) is 4.80. The third-order valence-electron chi connectivity index (χ3n) is 3.36. The molecule has 0 aromatic heterocycles. The van der Waals surface area contributed by atoms with Crippen LogP contribution >= 0.6 is 0 Å². The van der Waals surface area contributed by atoms with Crippen molar-refractivity contribution in [3.63, 3.8) is 0 Å². The van der Waals surface area contributed by atoms with Crippen molar-refractivity contribution in [1.82, 2.24) is 4.72 Å². The van der Waals surface area contributed by atoms with Crippen molar-refractivity contribution in [3.8, 4) is 0 Å². The van der Waals surface area contributed by atoms with E-state index in [1.54, 1.807) is 30.3 Å². The normalized spacial score (nSPS) is 10.8. The van der Waals surface area contributed by atoms with Crippen molar-refractivity contribution in [2.24, 2.45) is 0 Å². The van der Waals surface area contributed by atoms with Crippen LogP contribution in [0.1, 0.15) is 17.5 Å². The van der Waals surface area contributed by atoms with E-state index in [0.717, 1.165) is 18.4 Å². The molecular formula is C19H21NO2S. The van der Waals surface area contributed by atoms with Gasteiger partial charge < -0.3 is 0 Å². The van der Waals surface area contributed by atoms with Gasteiger partial charge in [-0.2, -0.15) is 0 Å². The zero-order valence-corrected chi connectivity index (χ0v) is 14.0. The third kappa shape index (κ3) is 5.87. The van der Waals surface area contributed by atoms with Gasteiger partial charge in [0.1, 0.15) is 0 Å². The Morgan fingerprint density at radius 1 is 1.00 bits per heavy atom. The quantitative estimate of drug-likeness (QED) is 0.790. The second kappa shape index (κ2) is 8.49. The highest BCUT2D eigenvalue weighted by atomic mass is 32.2. The van der Waals surface area contributed by atoms with Crippen LogP contribution in [0.5, 0.6) is 0 Å². The summed E-state index contributed by atoms with van der Waals surface area (Å²) in [4.78, 5) is 0.282. The predicted molar refractivity (Wildman–Crippen MR) is 93.8 cm³/mol. The number of sulfonamides is 1. The second-order valence-corrected chi connectivity index (χ2v) is 7.03. The summed E-state index contributed by atoms with van der Waals surface area (Å²) < 4.78 is 26.6. The van der Waals surface area contributed by atoms with Crippen LogP contribution in [0.15, 0.2) is 77.4 Å². The Labute approximate surface area is 138 Å². The summed E-state index contributed by atoms with van der Waals surface area (Å²) in [7, 11) is -3.45. The Bertz CT molecular complexity index is 772. The number of hydrogen-bond acceptors (Lipinski definition) is 2. The van der Waals surface area contributed by atoms with Crippen LogP contribution in [-0.2, 0) is 16.4 Å². The zero-order valence-electron chi connectivity index (χ0n) is 13.2. The number of aryl methyl sites for hydroxylation is 2. The molecule has 1 N–H and O–H groups in total. The molecule has 0 fully saturated rings. The molecule has 2 rings (SSSR count). The van der Waals surface area contributed by atoms with Gasteiger partial charge in [-0.1, -0.05) is 48.0 Å². The molecular weight excluding hydrogens is 306 g/mol. The highest BCUT2D eigenvalue weighted by Crippen LogP contribution is 2.09. The van der Waals surface area contributed by atoms with E-state index in [2.05, 4.69) is 22.6 Å². The monoisotopic (exact) mass is 327 g/mol. The molecule has 0 aliphatic rings. The topological polar surface area (TPSA) is 46.2 Å². The predicted octanol–water partition coefficient (Wildman–Crippen LogP) is 3.62. The number of nitrogens with one attached hydrogen (secondary N) is 1. The van der Waals surface area contributed by atoms with Gasteiger partial charge in [0.05, 0.1) is 4.90 Å². The maximum Gasteiger partial charge on any atom is 0.240 e. The molecule has 0 aliphatic heterocycles. The van der Waals surface area contributed by atoms with E-state index in [0.29, 0.717) is 0 Å². The van der Waals surface area contributed by atoms with Gasteiger partial charge in [-0.15, -0.1) is 5.73 Å². The fourth-order valence-electron chi connectivity index (χ4n) is 2.06. The van der Waals surface area contributed by atoms with E-state index >= 15 is 0 Å². The maximum atomic E-state index is 12.0. The summed E-state index contributed by atoms with van der Waals surface area (Å²) in [6, 6.07) is 17.0. The number of benzene rings is 2. The van der Waals surface area contributed by atoms with E-state index in [1.807, 2.05) is 31.2 Å². The molecule has 0 saturated heterocycles. The van der Waals surface area contributed by atoms with Crippen LogP contribution < -0.4 is 4.72 Å². The van der Waals surface area contributed by atoms with Crippen LogP contribution in [0.3, 0.4) is 0 Å². The maximum absolute atomic E-state index is 12.0. The van der Waals surface area contributed by atoms with Gasteiger partial charge in [-0.05, 0) is 49.6 Å². The Morgan fingerprint density at radius 3 is 2.39 bits per heavy atom. The average Bonchev–Trinajstić information content (AvgIpc) is 2.55. The Morgan fingerprint density at radius 2 is 1.70 bits per heavy atom. The molecule has 0 unspecified atom stereocenters. The van der Waals surface area contributed by atoms with E-state index in [1.165, 1.54) is 5.56 Å².